The van der Waals surface area contributed by atoms with Crippen molar-refractivity contribution in [1.82, 2.24) is 0 Å². The third-order valence-electron chi connectivity index (χ3n) is 3.03. The first-order chi connectivity index (χ1) is 10.7. The lowest BCUT2D eigenvalue weighted by molar-refractivity contribution is -0.131. The highest BCUT2D eigenvalue weighted by atomic mass is 19.4. The van der Waals surface area contributed by atoms with Crippen LogP contribution in [-0.4, -0.2) is 30.1 Å². The fraction of sp³-hybridized carbons (Fsp3) is 0.200. The molecule has 0 atom stereocenters. The smallest absolute Gasteiger partial charge is 0.455 e. The zero-order valence-electron chi connectivity index (χ0n) is 12.0. The number of carbonyl (C=O) groups is 2. The summed E-state index contributed by atoms with van der Waals surface area (Å²) in [4.78, 5) is 22.7. The van der Waals surface area contributed by atoms with Gasteiger partial charge in [-0.15, -0.1) is 0 Å². The van der Waals surface area contributed by atoms with Gasteiger partial charge in [-0.05, 0) is 12.1 Å². The van der Waals surface area contributed by atoms with Gasteiger partial charge in [0.2, 0.25) is 0 Å². The lowest BCUT2D eigenvalue weighted by Gasteiger charge is -2.15. The molecule has 0 aromatic heterocycles. The van der Waals surface area contributed by atoms with E-state index in [4.69, 9.17) is 9.47 Å². The Balaban J connectivity index is 2.87. The molecular formula is C15H11F3O5. The Kier molecular flexibility index (Phi) is 4.18. The van der Waals surface area contributed by atoms with Gasteiger partial charge < -0.3 is 14.6 Å². The molecule has 0 amide bonds. The third-order valence-corrected chi connectivity index (χ3v) is 3.03. The maximum absolute atomic E-state index is 12.7. The molecule has 0 unspecified atom stereocenters. The van der Waals surface area contributed by atoms with Crippen LogP contribution in [0.5, 0.6) is 17.2 Å². The predicted molar refractivity (Wildman–Crippen MR) is 73.9 cm³/mol. The van der Waals surface area contributed by atoms with Gasteiger partial charge in [0.1, 0.15) is 17.2 Å². The molecule has 0 fully saturated rings. The first-order valence-electron chi connectivity index (χ1n) is 6.29. The molecule has 1 N–H and O–H groups in total. The van der Waals surface area contributed by atoms with E-state index in [9.17, 15) is 27.9 Å². The summed E-state index contributed by atoms with van der Waals surface area (Å²) >= 11 is 0. The van der Waals surface area contributed by atoms with E-state index >= 15 is 0 Å². The molecule has 0 aliphatic heterocycles. The minimum atomic E-state index is -5.19. The van der Waals surface area contributed by atoms with Gasteiger partial charge in [0.15, 0.2) is 0 Å². The van der Waals surface area contributed by atoms with Crippen molar-refractivity contribution in [2.75, 3.05) is 7.11 Å². The van der Waals surface area contributed by atoms with Crippen LogP contribution in [0.3, 0.4) is 0 Å². The number of aromatic hydroxyl groups is 1. The first-order valence-corrected chi connectivity index (χ1v) is 6.29. The van der Waals surface area contributed by atoms with Gasteiger partial charge in [-0.1, -0.05) is 12.1 Å². The number of phenolic OH excluding ortho intramolecular Hbond substituents is 1. The van der Waals surface area contributed by atoms with Gasteiger partial charge in [0.05, 0.1) is 18.1 Å². The number of alkyl halides is 3. The maximum atomic E-state index is 12.7. The molecule has 5 nitrogen and oxygen atoms in total. The minimum Gasteiger partial charge on any atom is -0.506 e. The molecule has 122 valence electrons. The summed E-state index contributed by atoms with van der Waals surface area (Å²) in [6.45, 7) is 1.06. The Morgan fingerprint density at radius 1 is 1.17 bits per heavy atom. The second-order valence-corrected chi connectivity index (χ2v) is 4.57. The van der Waals surface area contributed by atoms with Gasteiger partial charge >= 0.3 is 12.1 Å². The Hall–Kier alpha value is -2.77. The van der Waals surface area contributed by atoms with Crippen molar-refractivity contribution in [3.8, 4) is 17.2 Å². The molecule has 0 bridgehead atoms. The molecule has 2 rings (SSSR count). The Morgan fingerprint density at radius 3 is 2.35 bits per heavy atom. The van der Waals surface area contributed by atoms with Crippen LogP contribution in [0.1, 0.15) is 17.3 Å². The molecule has 0 heterocycles. The normalized spacial score (nSPS) is 11.3. The zero-order valence-corrected chi connectivity index (χ0v) is 12.0. The summed E-state index contributed by atoms with van der Waals surface area (Å²) < 4.78 is 47.9. The predicted octanol–water partition coefficient (Wildman–Crippen LogP) is 3.22. The number of hydrogen-bond acceptors (Lipinski definition) is 5. The van der Waals surface area contributed by atoms with E-state index in [-0.39, 0.29) is 22.3 Å². The summed E-state index contributed by atoms with van der Waals surface area (Å²) in [5.41, 5.74) is -1.02. The quantitative estimate of drug-likeness (QED) is 0.532. The van der Waals surface area contributed by atoms with Gasteiger partial charge in [-0.25, -0.2) is 0 Å². The number of Topliss-reactive ketones (excluding diaryl/α,β-unsaturated/α-hetero) is 1. The number of fused-ring (bicyclic) bond motifs is 1. The van der Waals surface area contributed by atoms with E-state index in [0.717, 1.165) is 6.92 Å². The third kappa shape index (κ3) is 3.05. The summed E-state index contributed by atoms with van der Waals surface area (Å²) in [7, 11) is 1.25. The highest BCUT2D eigenvalue weighted by molar-refractivity contribution is 6.10. The van der Waals surface area contributed by atoms with Crippen LogP contribution in [0.2, 0.25) is 0 Å². The summed E-state index contributed by atoms with van der Waals surface area (Å²) in [6.07, 6.45) is -5.19. The second-order valence-electron chi connectivity index (χ2n) is 4.57. The number of phenols is 1. The number of benzene rings is 2. The molecule has 23 heavy (non-hydrogen) atoms. The Morgan fingerprint density at radius 2 is 1.83 bits per heavy atom. The van der Waals surface area contributed by atoms with Crippen LogP contribution >= 0.6 is 0 Å². The van der Waals surface area contributed by atoms with E-state index in [1.807, 2.05) is 0 Å². The van der Waals surface area contributed by atoms with Crippen LogP contribution in [0.4, 0.5) is 13.2 Å². The molecular weight excluding hydrogens is 317 g/mol. The average molecular weight is 328 g/mol. The summed E-state index contributed by atoms with van der Waals surface area (Å²) in [5, 5.41) is 10.1. The van der Waals surface area contributed by atoms with Crippen molar-refractivity contribution in [2.45, 2.75) is 13.1 Å². The van der Waals surface area contributed by atoms with Crippen LogP contribution in [-0.2, 0) is 4.79 Å². The topological polar surface area (TPSA) is 72.8 Å². The highest BCUT2D eigenvalue weighted by Crippen LogP contribution is 2.42. The highest BCUT2D eigenvalue weighted by Gasteiger charge is 2.41. The fourth-order valence-corrected chi connectivity index (χ4v) is 2.13. The number of rotatable bonds is 3. The van der Waals surface area contributed by atoms with Crippen molar-refractivity contribution >= 4 is 22.5 Å². The van der Waals surface area contributed by atoms with Crippen molar-refractivity contribution < 1.29 is 37.3 Å². The maximum Gasteiger partial charge on any atom is 0.455 e. The van der Waals surface area contributed by atoms with E-state index in [0.29, 0.717) is 6.07 Å². The van der Waals surface area contributed by atoms with Gasteiger partial charge in [-0.2, -0.15) is 13.2 Å². The number of carbonyl (C=O) groups excluding carboxylic acids is 2. The van der Waals surface area contributed by atoms with Crippen molar-refractivity contribution in [2.24, 2.45) is 0 Å². The fourth-order valence-electron chi connectivity index (χ4n) is 2.13. The summed E-state index contributed by atoms with van der Waals surface area (Å²) in [6, 6.07) is 4.99. The lowest BCUT2D eigenvalue weighted by Crippen LogP contribution is -2.23. The number of esters is 1. The number of hydrogen-bond donors (Lipinski definition) is 1. The van der Waals surface area contributed by atoms with Gasteiger partial charge in [0, 0.05) is 12.3 Å². The standard InChI is InChI=1S/C15H11F3O5/c1-7(19)23-11-6-9(14(21)15(16,17)18)13(20)12-8(11)4-3-5-10(12)22-2/h3-6,20H,1-2H3. The van der Waals surface area contributed by atoms with Gasteiger partial charge in [0.25, 0.3) is 5.78 Å². The number of ether oxygens (including phenoxy) is 2. The molecule has 0 radical (unpaired) electrons. The van der Waals surface area contributed by atoms with Crippen LogP contribution in [0.25, 0.3) is 10.8 Å². The summed E-state index contributed by atoms with van der Waals surface area (Å²) in [5.74, 6) is -4.18. The molecule has 8 heteroatoms. The van der Waals surface area contributed by atoms with Crippen LogP contribution in [0, 0.1) is 0 Å². The zero-order chi connectivity index (χ0) is 17.4. The second kappa shape index (κ2) is 5.79. The van der Waals surface area contributed by atoms with E-state index < -0.39 is 29.2 Å². The minimum absolute atomic E-state index is 0.0326. The number of ketones is 1. The van der Waals surface area contributed by atoms with Crippen LogP contribution in [0.15, 0.2) is 24.3 Å². The largest absolute Gasteiger partial charge is 0.506 e. The molecule has 0 aliphatic carbocycles. The van der Waals surface area contributed by atoms with Crippen molar-refractivity contribution in [3.05, 3.63) is 29.8 Å². The molecule has 0 saturated carbocycles. The monoisotopic (exact) mass is 328 g/mol. The number of methoxy groups -OCH3 is 1. The van der Waals surface area contributed by atoms with E-state index in [1.54, 1.807) is 0 Å². The number of halogens is 3. The molecule has 2 aromatic rings. The molecule has 0 saturated heterocycles. The van der Waals surface area contributed by atoms with Crippen molar-refractivity contribution in [3.63, 3.8) is 0 Å². The average Bonchev–Trinajstić information content (AvgIpc) is 2.47. The van der Waals surface area contributed by atoms with Gasteiger partial charge in [-0.3, -0.25) is 9.59 Å². The van der Waals surface area contributed by atoms with Crippen LogP contribution < -0.4 is 9.47 Å². The van der Waals surface area contributed by atoms with E-state index in [2.05, 4.69) is 0 Å². The lowest BCUT2D eigenvalue weighted by atomic mass is 10.0. The first kappa shape index (κ1) is 16.6. The molecule has 2 aromatic carbocycles. The molecule has 0 aliphatic rings. The van der Waals surface area contributed by atoms with Crippen molar-refractivity contribution in [1.29, 1.82) is 0 Å². The SMILES string of the molecule is COc1cccc2c(OC(C)=O)cc(C(=O)C(F)(F)F)c(O)c12. The Labute approximate surface area is 128 Å². The Bertz CT molecular complexity index is 796. The van der Waals surface area contributed by atoms with E-state index in [1.165, 1.54) is 25.3 Å². The molecule has 0 spiro atoms.